The number of rotatable bonds is 5. The van der Waals surface area contributed by atoms with Crippen LogP contribution in [0.3, 0.4) is 0 Å². The topological polar surface area (TPSA) is 64.0 Å². The minimum Gasteiger partial charge on any atom is -0.310 e. The Morgan fingerprint density at radius 3 is 2.70 bits per heavy atom. The molecule has 0 spiro atoms. The Morgan fingerprint density at radius 2 is 2.15 bits per heavy atom. The molecule has 2 heterocycles. The minimum atomic E-state index is -2.87. The lowest BCUT2D eigenvalue weighted by Gasteiger charge is -2.13. The summed E-state index contributed by atoms with van der Waals surface area (Å²) in [5, 5.41) is 8.05. The van der Waals surface area contributed by atoms with Crippen LogP contribution in [-0.2, 0) is 16.4 Å². The quantitative estimate of drug-likeness (QED) is 0.899. The molecule has 1 aliphatic heterocycles. The second-order valence-electron chi connectivity index (χ2n) is 5.84. The summed E-state index contributed by atoms with van der Waals surface area (Å²) in [4.78, 5) is 0. The van der Waals surface area contributed by atoms with Crippen LogP contribution < -0.4 is 5.32 Å². The van der Waals surface area contributed by atoms with Crippen LogP contribution in [-0.4, -0.2) is 35.7 Å². The van der Waals surface area contributed by atoms with E-state index >= 15 is 0 Å². The van der Waals surface area contributed by atoms with Gasteiger partial charge in [-0.1, -0.05) is 6.92 Å². The Balaban J connectivity index is 2.17. The smallest absolute Gasteiger partial charge is 0.152 e. The predicted molar refractivity (Wildman–Crippen MR) is 80.6 cm³/mol. The lowest BCUT2D eigenvalue weighted by Crippen LogP contribution is -2.25. The average molecular weight is 299 g/mol. The first kappa shape index (κ1) is 15.5. The minimum absolute atomic E-state index is 0.0102. The van der Waals surface area contributed by atoms with Crippen LogP contribution >= 0.6 is 0 Å². The van der Waals surface area contributed by atoms with Gasteiger partial charge in [-0.2, -0.15) is 5.10 Å². The van der Waals surface area contributed by atoms with Gasteiger partial charge in [0.05, 0.1) is 23.2 Å². The molecule has 0 aromatic carbocycles. The molecule has 0 radical (unpaired) electrons. The van der Waals surface area contributed by atoms with Crippen molar-refractivity contribution < 1.29 is 8.42 Å². The Kier molecular flexibility index (Phi) is 4.54. The molecule has 2 unspecified atom stereocenters. The molecule has 2 atom stereocenters. The first-order chi connectivity index (χ1) is 9.34. The van der Waals surface area contributed by atoms with Gasteiger partial charge in [0.2, 0.25) is 0 Å². The summed E-state index contributed by atoms with van der Waals surface area (Å²) in [6, 6.07) is 0.486. The largest absolute Gasteiger partial charge is 0.310 e. The van der Waals surface area contributed by atoms with Crippen LogP contribution in [0.4, 0.5) is 0 Å². The number of hydrogen-bond donors (Lipinski definition) is 1. The molecule has 0 amide bonds. The van der Waals surface area contributed by atoms with E-state index in [4.69, 9.17) is 0 Å². The molecule has 1 aliphatic rings. The molecule has 1 aromatic rings. The van der Waals surface area contributed by atoms with Crippen molar-refractivity contribution in [2.45, 2.75) is 59.2 Å². The van der Waals surface area contributed by atoms with Crippen molar-refractivity contribution in [1.82, 2.24) is 15.1 Å². The molecular weight excluding hydrogens is 274 g/mol. The zero-order chi connectivity index (χ0) is 14.9. The van der Waals surface area contributed by atoms with Gasteiger partial charge >= 0.3 is 0 Å². The fraction of sp³-hybridized carbons (Fsp3) is 0.786. The van der Waals surface area contributed by atoms with E-state index in [1.165, 1.54) is 5.56 Å². The van der Waals surface area contributed by atoms with Gasteiger partial charge < -0.3 is 5.32 Å². The molecule has 0 saturated carbocycles. The van der Waals surface area contributed by atoms with Crippen molar-refractivity contribution in [3.63, 3.8) is 0 Å². The lowest BCUT2D eigenvalue weighted by molar-refractivity contribution is 0.484. The van der Waals surface area contributed by atoms with E-state index in [-0.39, 0.29) is 17.5 Å². The molecule has 1 N–H and O–H groups in total. The number of aryl methyl sites for hydroxylation is 1. The molecular formula is C14H25N3O2S. The Morgan fingerprint density at radius 1 is 1.45 bits per heavy atom. The van der Waals surface area contributed by atoms with E-state index in [1.807, 2.05) is 18.5 Å². The Hall–Kier alpha value is -0.880. The van der Waals surface area contributed by atoms with Gasteiger partial charge in [0.1, 0.15) is 0 Å². The third-order valence-electron chi connectivity index (χ3n) is 4.27. The van der Waals surface area contributed by atoms with Gasteiger partial charge in [-0.3, -0.25) is 4.68 Å². The molecule has 5 nitrogen and oxygen atoms in total. The van der Waals surface area contributed by atoms with Crippen molar-refractivity contribution in [3.05, 3.63) is 17.0 Å². The van der Waals surface area contributed by atoms with Crippen molar-refractivity contribution in [2.75, 3.05) is 11.5 Å². The maximum absolute atomic E-state index is 11.6. The highest BCUT2D eigenvalue weighted by atomic mass is 32.2. The highest BCUT2D eigenvalue weighted by molar-refractivity contribution is 7.91. The van der Waals surface area contributed by atoms with Crippen LogP contribution in [0.1, 0.15) is 49.7 Å². The summed E-state index contributed by atoms with van der Waals surface area (Å²) in [6.07, 6.45) is 1.77. The monoisotopic (exact) mass is 299 g/mol. The van der Waals surface area contributed by atoms with E-state index in [0.29, 0.717) is 12.5 Å². The molecule has 1 saturated heterocycles. The lowest BCUT2D eigenvalue weighted by atomic mass is 10.1. The van der Waals surface area contributed by atoms with E-state index in [9.17, 15) is 8.42 Å². The highest BCUT2D eigenvalue weighted by Crippen LogP contribution is 2.26. The summed E-state index contributed by atoms with van der Waals surface area (Å²) in [6.45, 7) is 9.16. The molecule has 0 aliphatic carbocycles. The van der Waals surface area contributed by atoms with Crippen LogP contribution in [0.5, 0.6) is 0 Å². The standard InChI is InChI=1S/C14H25N3O2S/c1-5-10(2)15-8-14-11(3)16-17(12(14)4)13-6-7-20(18,19)9-13/h10,13,15H,5-9H2,1-4H3. The Labute approximate surface area is 121 Å². The second kappa shape index (κ2) is 5.85. The van der Waals surface area contributed by atoms with Crippen LogP contribution in [0, 0.1) is 13.8 Å². The predicted octanol–water partition coefficient (Wildman–Crippen LogP) is 1.75. The van der Waals surface area contributed by atoms with E-state index in [0.717, 1.165) is 24.4 Å². The van der Waals surface area contributed by atoms with Crippen molar-refractivity contribution in [1.29, 1.82) is 0 Å². The van der Waals surface area contributed by atoms with Crippen LogP contribution in [0.25, 0.3) is 0 Å². The zero-order valence-corrected chi connectivity index (χ0v) is 13.6. The molecule has 114 valence electrons. The third-order valence-corrected chi connectivity index (χ3v) is 6.02. The molecule has 1 aromatic heterocycles. The molecule has 20 heavy (non-hydrogen) atoms. The van der Waals surface area contributed by atoms with Crippen molar-refractivity contribution in [2.24, 2.45) is 0 Å². The highest BCUT2D eigenvalue weighted by Gasteiger charge is 2.31. The zero-order valence-electron chi connectivity index (χ0n) is 12.8. The van der Waals surface area contributed by atoms with Crippen molar-refractivity contribution >= 4 is 9.84 Å². The normalized spacial score (nSPS) is 23.1. The summed E-state index contributed by atoms with van der Waals surface area (Å²) >= 11 is 0. The van der Waals surface area contributed by atoms with Gasteiger partial charge in [-0.05, 0) is 33.6 Å². The number of nitrogens with zero attached hydrogens (tertiary/aromatic N) is 2. The fourth-order valence-electron chi connectivity index (χ4n) is 2.70. The van der Waals surface area contributed by atoms with Gasteiger partial charge in [-0.15, -0.1) is 0 Å². The summed E-state index contributed by atoms with van der Waals surface area (Å²) in [7, 11) is -2.87. The van der Waals surface area contributed by atoms with E-state index < -0.39 is 9.84 Å². The van der Waals surface area contributed by atoms with E-state index in [2.05, 4.69) is 24.3 Å². The van der Waals surface area contributed by atoms with Crippen LogP contribution in [0.15, 0.2) is 0 Å². The number of hydrogen-bond acceptors (Lipinski definition) is 4. The van der Waals surface area contributed by atoms with E-state index in [1.54, 1.807) is 0 Å². The van der Waals surface area contributed by atoms with Gasteiger partial charge in [0.15, 0.2) is 9.84 Å². The SMILES string of the molecule is CCC(C)NCc1c(C)nn(C2CCS(=O)(=O)C2)c1C. The molecule has 6 heteroatoms. The first-order valence-corrected chi connectivity index (χ1v) is 9.14. The second-order valence-corrected chi connectivity index (χ2v) is 8.07. The summed E-state index contributed by atoms with van der Waals surface area (Å²) < 4.78 is 25.2. The maximum Gasteiger partial charge on any atom is 0.152 e. The Bertz CT molecular complexity index is 577. The molecule has 0 bridgehead atoms. The average Bonchev–Trinajstić information content (AvgIpc) is 2.87. The first-order valence-electron chi connectivity index (χ1n) is 7.32. The number of sulfone groups is 1. The van der Waals surface area contributed by atoms with Crippen LogP contribution in [0.2, 0.25) is 0 Å². The summed E-state index contributed by atoms with van der Waals surface area (Å²) in [5.41, 5.74) is 3.30. The molecule has 2 rings (SSSR count). The number of aromatic nitrogens is 2. The van der Waals surface area contributed by atoms with Gasteiger partial charge in [0, 0.05) is 23.8 Å². The third kappa shape index (κ3) is 3.23. The summed E-state index contributed by atoms with van der Waals surface area (Å²) in [5.74, 6) is 0.518. The fourth-order valence-corrected chi connectivity index (χ4v) is 4.39. The number of nitrogens with one attached hydrogen (secondary N) is 1. The maximum atomic E-state index is 11.6. The van der Waals surface area contributed by atoms with Crippen molar-refractivity contribution in [3.8, 4) is 0 Å². The van der Waals surface area contributed by atoms with Gasteiger partial charge in [0.25, 0.3) is 0 Å². The van der Waals surface area contributed by atoms with Gasteiger partial charge in [-0.25, -0.2) is 8.42 Å². The molecule has 1 fully saturated rings.